The number of oxazole rings is 1. The monoisotopic (exact) mass is 418 g/mol. The highest BCUT2D eigenvalue weighted by molar-refractivity contribution is 7.09. The molecule has 0 atom stereocenters. The average molecular weight is 419 g/mol. The second-order valence-corrected chi connectivity index (χ2v) is 7.87. The van der Waals surface area contributed by atoms with Gasteiger partial charge in [0.2, 0.25) is 5.89 Å². The summed E-state index contributed by atoms with van der Waals surface area (Å²) >= 11 is 1.62. The van der Waals surface area contributed by atoms with Crippen LogP contribution < -0.4 is 4.74 Å². The molecule has 0 radical (unpaired) electrons. The van der Waals surface area contributed by atoms with Crippen molar-refractivity contribution < 1.29 is 13.9 Å². The number of carbonyl (C=O) groups is 1. The molecule has 0 unspecified atom stereocenters. The van der Waals surface area contributed by atoms with E-state index >= 15 is 0 Å². The first-order valence-corrected chi connectivity index (χ1v) is 10.5. The maximum atomic E-state index is 13.5. The largest absolute Gasteiger partial charge is 0.496 e. The minimum Gasteiger partial charge on any atom is -0.496 e. The van der Waals surface area contributed by atoms with Crippen molar-refractivity contribution in [3.63, 3.8) is 0 Å². The first kappa shape index (κ1) is 19.9. The summed E-state index contributed by atoms with van der Waals surface area (Å²) in [6, 6.07) is 21.3. The van der Waals surface area contributed by atoms with Crippen LogP contribution in [0.4, 0.5) is 0 Å². The van der Waals surface area contributed by atoms with Crippen molar-refractivity contribution in [2.24, 2.45) is 0 Å². The van der Waals surface area contributed by atoms with E-state index in [-0.39, 0.29) is 5.91 Å². The topological polar surface area (TPSA) is 55.6 Å². The second-order valence-electron chi connectivity index (χ2n) is 6.84. The van der Waals surface area contributed by atoms with Crippen molar-refractivity contribution in [2.75, 3.05) is 7.11 Å². The van der Waals surface area contributed by atoms with Gasteiger partial charge in [-0.2, -0.15) is 0 Å². The van der Waals surface area contributed by atoms with Crippen LogP contribution in [-0.2, 0) is 13.1 Å². The lowest BCUT2D eigenvalue weighted by Gasteiger charge is -2.22. The Morgan fingerprint density at radius 1 is 1.03 bits per heavy atom. The normalized spacial score (nSPS) is 10.7. The Balaban J connectivity index is 1.66. The molecule has 2 aromatic carbocycles. The molecule has 0 fully saturated rings. The first-order chi connectivity index (χ1) is 14.7. The summed E-state index contributed by atoms with van der Waals surface area (Å²) in [6.45, 7) is 2.67. The molecular weight excluding hydrogens is 396 g/mol. The summed E-state index contributed by atoms with van der Waals surface area (Å²) in [4.78, 5) is 20.9. The van der Waals surface area contributed by atoms with E-state index in [2.05, 4.69) is 4.98 Å². The number of hydrogen-bond acceptors (Lipinski definition) is 5. The number of hydrogen-bond donors (Lipinski definition) is 0. The fourth-order valence-corrected chi connectivity index (χ4v) is 4.00. The number of para-hydroxylation sites is 1. The minimum absolute atomic E-state index is 0.169. The lowest BCUT2D eigenvalue weighted by Crippen LogP contribution is -2.30. The van der Waals surface area contributed by atoms with E-state index < -0.39 is 0 Å². The van der Waals surface area contributed by atoms with Crippen LogP contribution in [0.15, 0.2) is 76.5 Å². The Hall–Kier alpha value is -3.38. The van der Waals surface area contributed by atoms with Crippen LogP contribution in [0.1, 0.15) is 26.7 Å². The Morgan fingerprint density at radius 2 is 1.80 bits per heavy atom. The molecule has 0 aliphatic rings. The number of carbonyl (C=O) groups excluding carboxylic acids is 1. The van der Waals surface area contributed by atoms with Crippen LogP contribution in [0.25, 0.3) is 11.5 Å². The molecule has 0 bridgehead atoms. The average Bonchev–Trinajstić information content (AvgIpc) is 3.43. The van der Waals surface area contributed by atoms with Gasteiger partial charge in [0, 0.05) is 16.0 Å². The van der Waals surface area contributed by atoms with Crippen LogP contribution in [0.5, 0.6) is 5.75 Å². The predicted molar refractivity (Wildman–Crippen MR) is 118 cm³/mol. The van der Waals surface area contributed by atoms with Crippen molar-refractivity contribution in [3.8, 4) is 17.2 Å². The summed E-state index contributed by atoms with van der Waals surface area (Å²) in [5, 5.41) is 2.01. The third-order valence-corrected chi connectivity index (χ3v) is 5.65. The van der Waals surface area contributed by atoms with Crippen molar-refractivity contribution >= 4 is 17.2 Å². The van der Waals surface area contributed by atoms with E-state index in [4.69, 9.17) is 9.15 Å². The number of amides is 1. The van der Waals surface area contributed by atoms with Gasteiger partial charge >= 0.3 is 0 Å². The summed E-state index contributed by atoms with van der Waals surface area (Å²) in [6.07, 6.45) is 0. The molecule has 0 N–H and O–H groups in total. The van der Waals surface area contributed by atoms with Crippen LogP contribution in [-0.4, -0.2) is 22.9 Å². The Bertz CT molecular complexity index is 1120. The van der Waals surface area contributed by atoms with Crippen molar-refractivity contribution in [2.45, 2.75) is 20.0 Å². The molecule has 5 nitrogen and oxygen atoms in total. The fourth-order valence-electron chi connectivity index (χ4n) is 3.28. The summed E-state index contributed by atoms with van der Waals surface area (Å²) < 4.78 is 11.3. The number of methoxy groups -OCH3 is 1. The zero-order valence-electron chi connectivity index (χ0n) is 16.9. The maximum absolute atomic E-state index is 13.5. The van der Waals surface area contributed by atoms with E-state index in [0.717, 1.165) is 21.8 Å². The lowest BCUT2D eigenvalue weighted by molar-refractivity contribution is 0.0723. The van der Waals surface area contributed by atoms with Crippen molar-refractivity contribution in [1.29, 1.82) is 0 Å². The van der Waals surface area contributed by atoms with E-state index in [1.165, 1.54) is 0 Å². The third kappa shape index (κ3) is 4.28. The molecule has 2 aromatic heterocycles. The predicted octanol–water partition coefficient (Wildman–Crippen LogP) is 5.56. The number of rotatable bonds is 7. The van der Waals surface area contributed by atoms with Gasteiger partial charge in [-0.3, -0.25) is 4.79 Å². The van der Waals surface area contributed by atoms with Gasteiger partial charge in [-0.1, -0.05) is 42.5 Å². The highest BCUT2D eigenvalue weighted by Crippen LogP contribution is 2.26. The number of aryl methyl sites for hydroxylation is 1. The van der Waals surface area contributed by atoms with Crippen LogP contribution in [0.3, 0.4) is 0 Å². The fraction of sp³-hybridized carbons (Fsp3) is 0.167. The molecular formula is C24H22N2O3S. The third-order valence-electron chi connectivity index (χ3n) is 4.79. The van der Waals surface area contributed by atoms with E-state index in [0.29, 0.717) is 30.4 Å². The quantitative estimate of drug-likeness (QED) is 0.394. The summed E-state index contributed by atoms with van der Waals surface area (Å²) in [5.41, 5.74) is 2.11. The number of benzene rings is 2. The zero-order chi connectivity index (χ0) is 20.9. The van der Waals surface area contributed by atoms with Gasteiger partial charge in [0.05, 0.1) is 20.2 Å². The van der Waals surface area contributed by atoms with Gasteiger partial charge in [0.25, 0.3) is 5.91 Å². The van der Waals surface area contributed by atoms with Crippen LogP contribution in [0.2, 0.25) is 0 Å². The molecule has 2 heterocycles. The lowest BCUT2D eigenvalue weighted by atomic mass is 10.1. The molecule has 0 saturated heterocycles. The summed E-state index contributed by atoms with van der Waals surface area (Å²) in [5.74, 6) is 1.54. The van der Waals surface area contributed by atoms with Crippen molar-refractivity contribution in [1.82, 2.24) is 9.88 Å². The van der Waals surface area contributed by atoms with Gasteiger partial charge in [-0.25, -0.2) is 4.98 Å². The van der Waals surface area contributed by atoms with Crippen molar-refractivity contribution in [3.05, 3.63) is 94.0 Å². The van der Waals surface area contributed by atoms with Crippen LogP contribution >= 0.6 is 11.3 Å². The van der Waals surface area contributed by atoms with Gasteiger partial charge < -0.3 is 14.1 Å². The highest BCUT2D eigenvalue weighted by Gasteiger charge is 2.25. The molecule has 6 heteroatoms. The van der Waals surface area contributed by atoms with Gasteiger partial charge in [-0.05, 0) is 36.6 Å². The molecule has 152 valence electrons. The molecule has 4 rings (SSSR count). The zero-order valence-corrected chi connectivity index (χ0v) is 17.7. The molecule has 0 saturated carbocycles. The molecule has 0 aliphatic heterocycles. The molecule has 0 aliphatic carbocycles. The second kappa shape index (κ2) is 8.97. The van der Waals surface area contributed by atoms with E-state index in [1.54, 1.807) is 30.3 Å². The number of aromatic nitrogens is 1. The van der Waals surface area contributed by atoms with E-state index in [9.17, 15) is 4.79 Å². The number of thiophene rings is 1. The van der Waals surface area contributed by atoms with E-state index in [1.807, 2.05) is 72.1 Å². The van der Waals surface area contributed by atoms with Gasteiger partial charge in [-0.15, -0.1) is 11.3 Å². The van der Waals surface area contributed by atoms with Gasteiger partial charge in [0.15, 0.2) is 5.69 Å². The highest BCUT2D eigenvalue weighted by atomic mass is 32.1. The standard InChI is InChI=1S/C24H22N2O3S/c1-17-22(25-23(29-17)18-9-4-3-5-10-18)24(27)26(16-20-12-8-14-30-20)15-19-11-6-7-13-21(19)28-2/h3-14H,15-16H2,1-2H3. The minimum atomic E-state index is -0.169. The molecule has 1 amide bonds. The van der Waals surface area contributed by atoms with Crippen LogP contribution in [0, 0.1) is 6.92 Å². The first-order valence-electron chi connectivity index (χ1n) is 9.62. The Kier molecular flexibility index (Phi) is 5.95. The Labute approximate surface area is 179 Å². The number of ether oxygens (including phenoxy) is 1. The Morgan fingerprint density at radius 3 is 2.53 bits per heavy atom. The van der Waals surface area contributed by atoms with Gasteiger partial charge in [0.1, 0.15) is 11.5 Å². The smallest absolute Gasteiger partial charge is 0.276 e. The molecule has 30 heavy (non-hydrogen) atoms. The number of nitrogens with zero attached hydrogens (tertiary/aromatic N) is 2. The molecule has 4 aromatic rings. The SMILES string of the molecule is COc1ccccc1CN(Cc1cccs1)C(=O)c1nc(-c2ccccc2)oc1C. The summed E-state index contributed by atoms with van der Waals surface area (Å²) in [7, 11) is 1.64. The molecule has 0 spiro atoms. The maximum Gasteiger partial charge on any atom is 0.276 e.